The summed E-state index contributed by atoms with van der Waals surface area (Å²) in [7, 11) is 0. The van der Waals surface area contributed by atoms with Crippen LogP contribution in [0.15, 0.2) is 18.2 Å². The number of nitrogens with zero attached hydrogens (tertiary/aromatic N) is 2. The average molecular weight is 288 g/mol. The number of piperidine rings is 2. The summed E-state index contributed by atoms with van der Waals surface area (Å²) in [6.45, 7) is 7.08. The molecule has 0 atom stereocenters. The van der Waals surface area contributed by atoms with E-state index in [9.17, 15) is 5.11 Å². The second-order valence-electron chi connectivity index (χ2n) is 6.61. The van der Waals surface area contributed by atoms with Gasteiger partial charge in [0.2, 0.25) is 0 Å². The Hall–Kier alpha value is -1.06. The van der Waals surface area contributed by atoms with Crippen molar-refractivity contribution in [2.24, 2.45) is 0 Å². The molecule has 3 nitrogen and oxygen atoms in total. The fourth-order valence-electron chi connectivity index (χ4n) is 3.90. The highest BCUT2D eigenvalue weighted by Gasteiger charge is 2.26. The first-order chi connectivity index (χ1) is 10.3. The monoisotopic (exact) mass is 288 g/mol. The Morgan fingerprint density at radius 2 is 1.76 bits per heavy atom. The van der Waals surface area contributed by atoms with Crippen molar-refractivity contribution < 1.29 is 5.11 Å². The number of benzene rings is 1. The van der Waals surface area contributed by atoms with Gasteiger partial charge in [0.15, 0.2) is 0 Å². The molecule has 2 saturated heterocycles. The van der Waals surface area contributed by atoms with Crippen molar-refractivity contribution in [1.29, 1.82) is 0 Å². The number of likely N-dealkylation sites (tertiary alicyclic amines) is 1. The molecule has 2 fully saturated rings. The molecule has 2 aliphatic heterocycles. The van der Waals surface area contributed by atoms with E-state index in [1.165, 1.54) is 56.4 Å². The van der Waals surface area contributed by atoms with Gasteiger partial charge in [-0.2, -0.15) is 0 Å². The van der Waals surface area contributed by atoms with E-state index in [1.807, 2.05) is 0 Å². The maximum absolute atomic E-state index is 9.59. The molecule has 3 heteroatoms. The standard InChI is InChI=1S/C18H28N2O/c1-15-5-6-18(16(13-15)14-21)20-11-7-17(8-12-20)19-9-3-2-4-10-19/h5-6,13,17,21H,2-4,7-12,14H2,1H3. The van der Waals surface area contributed by atoms with Crippen molar-refractivity contribution in [3.05, 3.63) is 29.3 Å². The third-order valence-electron chi connectivity index (χ3n) is 5.12. The molecule has 0 radical (unpaired) electrons. The van der Waals surface area contributed by atoms with Crippen molar-refractivity contribution >= 4 is 5.69 Å². The van der Waals surface area contributed by atoms with E-state index in [0.29, 0.717) is 0 Å². The topological polar surface area (TPSA) is 26.7 Å². The summed E-state index contributed by atoms with van der Waals surface area (Å²) in [6.07, 6.45) is 6.70. The lowest BCUT2D eigenvalue weighted by molar-refractivity contribution is 0.141. The highest BCUT2D eigenvalue weighted by Crippen LogP contribution is 2.27. The molecule has 0 aromatic heterocycles. The summed E-state index contributed by atoms with van der Waals surface area (Å²) in [5.74, 6) is 0. The van der Waals surface area contributed by atoms with Gasteiger partial charge in [0.25, 0.3) is 0 Å². The third-order valence-corrected chi connectivity index (χ3v) is 5.12. The molecule has 0 saturated carbocycles. The third kappa shape index (κ3) is 3.41. The molecule has 2 aliphatic rings. The summed E-state index contributed by atoms with van der Waals surface area (Å²) < 4.78 is 0. The molecule has 0 bridgehead atoms. The summed E-state index contributed by atoms with van der Waals surface area (Å²) >= 11 is 0. The van der Waals surface area contributed by atoms with Crippen LogP contribution in [0.2, 0.25) is 0 Å². The van der Waals surface area contributed by atoms with Gasteiger partial charge >= 0.3 is 0 Å². The molecule has 0 aliphatic carbocycles. The van der Waals surface area contributed by atoms with E-state index in [1.54, 1.807) is 0 Å². The van der Waals surface area contributed by atoms with Crippen LogP contribution in [0.3, 0.4) is 0 Å². The normalized spacial score (nSPS) is 21.7. The Balaban J connectivity index is 1.62. The lowest BCUT2D eigenvalue weighted by Gasteiger charge is -2.41. The van der Waals surface area contributed by atoms with Crippen molar-refractivity contribution in [3.63, 3.8) is 0 Å². The van der Waals surface area contributed by atoms with Crippen LogP contribution in [0.25, 0.3) is 0 Å². The summed E-state index contributed by atoms with van der Waals surface area (Å²) in [5, 5.41) is 9.59. The molecule has 3 rings (SSSR count). The first-order valence-electron chi connectivity index (χ1n) is 8.47. The second-order valence-corrected chi connectivity index (χ2v) is 6.61. The molecular formula is C18H28N2O. The molecule has 1 aromatic rings. The van der Waals surface area contributed by atoms with Gasteiger partial charge < -0.3 is 14.9 Å². The van der Waals surface area contributed by atoms with Crippen LogP contribution in [0.5, 0.6) is 0 Å². The number of aliphatic hydroxyl groups excluding tert-OH is 1. The van der Waals surface area contributed by atoms with Crippen molar-refractivity contribution in [1.82, 2.24) is 4.90 Å². The molecule has 0 spiro atoms. The van der Waals surface area contributed by atoms with Gasteiger partial charge in [-0.3, -0.25) is 0 Å². The van der Waals surface area contributed by atoms with Crippen LogP contribution in [0.4, 0.5) is 5.69 Å². The Morgan fingerprint density at radius 1 is 1.05 bits per heavy atom. The summed E-state index contributed by atoms with van der Waals surface area (Å²) in [5.41, 5.74) is 3.54. The predicted molar refractivity (Wildman–Crippen MR) is 87.8 cm³/mol. The van der Waals surface area contributed by atoms with E-state index in [0.717, 1.165) is 24.7 Å². The SMILES string of the molecule is Cc1ccc(N2CCC(N3CCCCC3)CC2)c(CO)c1. The second kappa shape index (κ2) is 6.80. The molecule has 0 amide bonds. The zero-order valence-electron chi connectivity index (χ0n) is 13.2. The highest BCUT2D eigenvalue weighted by atomic mass is 16.3. The zero-order chi connectivity index (χ0) is 14.7. The van der Waals surface area contributed by atoms with Crippen LogP contribution in [-0.4, -0.2) is 42.2 Å². The Bertz CT molecular complexity index is 460. The first kappa shape index (κ1) is 14.9. The number of hydrogen-bond acceptors (Lipinski definition) is 3. The molecule has 116 valence electrons. The van der Waals surface area contributed by atoms with Crippen LogP contribution >= 0.6 is 0 Å². The molecule has 1 N–H and O–H groups in total. The van der Waals surface area contributed by atoms with Gasteiger partial charge in [-0.05, 0) is 51.8 Å². The van der Waals surface area contributed by atoms with Gasteiger partial charge in [0.1, 0.15) is 0 Å². The van der Waals surface area contributed by atoms with Crippen molar-refractivity contribution in [2.75, 3.05) is 31.1 Å². The van der Waals surface area contributed by atoms with Gasteiger partial charge in [-0.1, -0.05) is 24.1 Å². The molecule has 21 heavy (non-hydrogen) atoms. The van der Waals surface area contributed by atoms with Gasteiger partial charge in [-0.15, -0.1) is 0 Å². The lowest BCUT2D eigenvalue weighted by atomic mass is 9.98. The van der Waals surface area contributed by atoms with Gasteiger partial charge in [0.05, 0.1) is 6.61 Å². The minimum Gasteiger partial charge on any atom is -0.392 e. The zero-order valence-corrected chi connectivity index (χ0v) is 13.2. The molecule has 1 aromatic carbocycles. The van der Waals surface area contributed by atoms with Crippen molar-refractivity contribution in [2.45, 2.75) is 51.7 Å². The van der Waals surface area contributed by atoms with Crippen LogP contribution in [0.1, 0.15) is 43.2 Å². The Kier molecular flexibility index (Phi) is 4.81. The van der Waals surface area contributed by atoms with E-state index in [-0.39, 0.29) is 6.61 Å². The number of aryl methyl sites for hydroxylation is 1. The van der Waals surface area contributed by atoms with E-state index < -0.39 is 0 Å². The molecular weight excluding hydrogens is 260 g/mol. The smallest absolute Gasteiger partial charge is 0.0702 e. The highest BCUT2D eigenvalue weighted by molar-refractivity contribution is 5.55. The Morgan fingerprint density at radius 3 is 2.43 bits per heavy atom. The lowest BCUT2D eigenvalue weighted by Crippen LogP contribution is -2.46. The largest absolute Gasteiger partial charge is 0.392 e. The maximum atomic E-state index is 9.59. The minimum absolute atomic E-state index is 0.142. The number of rotatable bonds is 3. The number of aliphatic hydroxyl groups is 1. The Labute approximate surface area is 128 Å². The average Bonchev–Trinajstić information content (AvgIpc) is 2.56. The molecule has 0 unspecified atom stereocenters. The van der Waals surface area contributed by atoms with Crippen LogP contribution < -0.4 is 4.90 Å². The summed E-state index contributed by atoms with van der Waals surface area (Å²) in [6, 6.07) is 7.24. The van der Waals surface area contributed by atoms with Crippen LogP contribution in [-0.2, 0) is 6.61 Å². The van der Waals surface area contributed by atoms with Crippen LogP contribution in [0, 0.1) is 6.92 Å². The predicted octanol–water partition coefficient (Wildman–Crippen LogP) is 2.94. The van der Waals surface area contributed by atoms with E-state index in [2.05, 4.69) is 34.9 Å². The minimum atomic E-state index is 0.142. The van der Waals surface area contributed by atoms with E-state index in [4.69, 9.17) is 0 Å². The first-order valence-corrected chi connectivity index (χ1v) is 8.47. The van der Waals surface area contributed by atoms with Gasteiger partial charge in [-0.25, -0.2) is 0 Å². The molecule has 2 heterocycles. The number of hydrogen-bond donors (Lipinski definition) is 1. The fraction of sp³-hybridized carbons (Fsp3) is 0.667. The van der Waals surface area contributed by atoms with E-state index >= 15 is 0 Å². The number of anilines is 1. The fourth-order valence-corrected chi connectivity index (χ4v) is 3.90. The maximum Gasteiger partial charge on any atom is 0.0702 e. The quantitative estimate of drug-likeness (QED) is 0.926. The van der Waals surface area contributed by atoms with Gasteiger partial charge in [0, 0.05) is 30.4 Å². The summed E-state index contributed by atoms with van der Waals surface area (Å²) in [4.78, 5) is 5.17. The van der Waals surface area contributed by atoms with Crippen molar-refractivity contribution in [3.8, 4) is 0 Å².